The average molecular weight is 599 g/mol. The number of esters is 2. The number of carbonyl (C=O) groups is 2. The molecule has 0 N–H and O–H groups in total. The Morgan fingerprint density at radius 2 is 0.707 bits per heavy atom. The van der Waals surface area contributed by atoms with Crippen molar-refractivity contribution in [3.63, 3.8) is 0 Å². The van der Waals surface area contributed by atoms with E-state index < -0.39 is 11.2 Å². The summed E-state index contributed by atoms with van der Waals surface area (Å²) in [5.41, 5.74) is 0. The quantitative estimate of drug-likeness (QED) is 0.0464. The smallest absolute Gasteiger partial charge is 0.319 e. The van der Waals surface area contributed by atoms with Crippen LogP contribution in [0.15, 0.2) is 0 Å². The molecule has 0 bridgehead atoms. The van der Waals surface area contributed by atoms with Gasteiger partial charge in [-0.15, -0.1) is 0 Å². The monoisotopic (exact) mass is 598 g/mol. The first kappa shape index (κ1) is 40.3. The van der Waals surface area contributed by atoms with Crippen molar-refractivity contribution >= 4 is 24.6 Å². The topological polar surface area (TPSA) is 52.6 Å². The van der Waals surface area contributed by atoms with Gasteiger partial charge in [0.25, 0.3) is 0 Å². The van der Waals surface area contributed by atoms with E-state index >= 15 is 0 Å². The average Bonchev–Trinajstić information content (AvgIpc) is 2.96. The lowest BCUT2D eigenvalue weighted by Crippen LogP contribution is -2.23. The van der Waals surface area contributed by atoms with Gasteiger partial charge in [-0.2, -0.15) is 12.6 Å². The van der Waals surface area contributed by atoms with Gasteiger partial charge in [0.2, 0.25) is 0 Å². The molecule has 0 fully saturated rings. The second-order valence-corrected chi connectivity index (χ2v) is 12.9. The van der Waals surface area contributed by atoms with Crippen LogP contribution in [0.4, 0.5) is 0 Å². The van der Waals surface area contributed by atoms with E-state index in [0.29, 0.717) is 13.2 Å². The molecule has 0 saturated heterocycles. The van der Waals surface area contributed by atoms with Crippen LogP contribution in [0.3, 0.4) is 0 Å². The highest BCUT2D eigenvalue weighted by Gasteiger charge is 2.20. The lowest BCUT2D eigenvalue weighted by molar-refractivity contribution is -0.149. The molecule has 244 valence electrons. The number of hydrogen-bond acceptors (Lipinski definition) is 5. The Bertz CT molecular complexity index is 554. The predicted octanol–water partition coefficient (Wildman–Crippen LogP) is 11.7. The number of unbranched alkanes of at least 4 members (excludes halogenated alkanes) is 26. The van der Waals surface area contributed by atoms with Crippen LogP contribution in [-0.4, -0.2) is 30.4 Å². The Morgan fingerprint density at radius 1 is 0.439 bits per heavy atom. The number of thiol groups is 1. The Hall–Kier alpha value is -0.710. The van der Waals surface area contributed by atoms with Crippen LogP contribution in [0.1, 0.15) is 200 Å². The van der Waals surface area contributed by atoms with Gasteiger partial charge in [0.15, 0.2) is 0 Å². The summed E-state index contributed by atoms with van der Waals surface area (Å²) in [5.74, 6) is -0.760. The van der Waals surface area contributed by atoms with Crippen LogP contribution in [0.25, 0.3) is 0 Å². The molecule has 0 aliphatic carbocycles. The fraction of sp³-hybridized carbons (Fsp3) is 0.944. The molecular formula is C36H70O4S. The van der Waals surface area contributed by atoms with Crippen molar-refractivity contribution in [3.8, 4) is 0 Å². The van der Waals surface area contributed by atoms with Gasteiger partial charge in [-0.3, -0.25) is 9.59 Å². The van der Waals surface area contributed by atoms with E-state index in [1.165, 1.54) is 154 Å². The molecule has 1 atom stereocenters. The molecule has 0 radical (unpaired) electrons. The molecule has 4 nitrogen and oxygen atoms in total. The Labute approximate surface area is 261 Å². The van der Waals surface area contributed by atoms with Crippen molar-refractivity contribution in [2.75, 3.05) is 13.2 Å². The molecule has 0 amide bonds. The van der Waals surface area contributed by atoms with Crippen molar-refractivity contribution in [2.45, 2.75) is 205 Å². The molecule has 0 aromatic rings. The van der Waals surface area contributed by atoms with Gasteiger partial charge in [-0.05, 0) is 12.8 Å². The van der Waals surface area contributed by atoms with Gasteiger partial charge in [0.05, 0.1) is 19.6 Å². The minimum atomic E-state index is -0.731. The fourth-order valence-corrected chi connectivity index (χ4v) is 5.57. The van der Waals surface area contributed by atoms with E-state index in [1.54, 1.807) is 0 Å². The Kier molecular flexibility index (Phi) is 33.2. The maximum absolute atomic E-state index is 12.1. The van der Waals surface area contributed by atoms with E-state index in [9.17, 15) is 9.59 Å². The van der Waals surface area contributed by atoms with Crippen molar-refractivity contribution in [1.29, 1.82) is 0 Å². The first-order chi connectivity index (χ1) is 20.1. The van der Waals surface area contributed by atoms with Gasteiger partial charge < -0.3 is 9.47 Å². The van der Waals surface area contributed by atoms with Gasteiger partial charge in [0, 0.05) is 0 Å². The summed E-state index contributed by atoms with van der Waals surface area (Å²) in [7, 11) is 0. The summed E-state index contributed by atoms with van der Waals surface area (Å²) in [6.45, 7) is 5.40. The molecule has 0 aromatic heterocycles. The van der Waals surface area contributed by atoms with E-state index in [1.807, 2.05) is 0 Å². The maximum Gasteiger partial charge on any atom is 0.319 e. The fourth-order valence-electron chi connectivity index (χ4n) is 5.35. The third-order valence-electron chi connectivity index (χ3n) is 8.14. The summed E-state index contributed by atoms with van der Waals surface area (Å²) in [4.78, 5) is 24.1. The van der Waals surface area contributed by atoms with Crippen LogP contribution in [0, 0.1) is 0 Å². The summed E-state index contributed by atoms with van der Waals surface area (Å²) < 4.78 is 10.6. The SMILES string of the molecule is CCCCCCCCCCCCCCCCOC(=O)CC(S)C(=O)OCCCCCCCCCCCCCCCC. The standard InChI is InChI=1S/C36H70O4S/c1-3-5-7-9-11-13-15-17-19-21-23-25-27-29-31-39-35(37)33-34(41)36(38)40-32-30-28-26-24-22-20-18-16-14-12-10-8-6-4-2/h34,41H,3-33H2,1-2H3. The highest BCUT2D eigenvalue weighted by atomic mass is 32.1. The summed E-state index contributed by atoms with van der Waals surface area (Å²) >= 11 is 4.27. The molecule has 0 saturated carbocycles. The van der Waals surface area contributed by atoms with E-state index in [4.69, 9.17) is 9.47 Å². The number of rotatable bonds is 33. The lowest BCUT2D eigenvalue weighted by atomic mass is 10.0. The molecule has 1 unspecified atom stereocenters. The second-order valence-electron chi connectivity index (χ2n) is 12.3. The van der Waals surface area contributed by atoms with Crippen molar-refractivity contribution in [1.82, 2.24) is 0 Å². The largest absolute Gasteiger partial charge is 0.466 e. The minimum Gasteiger partial charge on any atom is -0.466 e. The number of carbonyl (C=O) groups excluding carboxylic acids is 2. The third-order valence-corrected chi connectivity index (χ3v) is 8.53. The normalized spacial score (nSPS) is 12.0. The van der Waals surface area contributed by atoms with Gasteiger partial charge >= 0.3 is 11.9 Å². The zero-order chi connectivity index (χ0) is 30.1. The van der Waals surface area contributed by atoms with Crippen LogP contribution >= 0.6 is 12.6 Å². The van der Waals surface area contributed by atoms with Crippen molar-refractivity contribution in [3.05, 3.63) is 0 Å². The van der Waals surface area contributed by atoms with Gasteiger partial charge in [-0.1, -0.05) is 181 Å². The van der Waals surface area contributed by atoms with E-state index in [-0.39, 0.29) is 12.4 Å². The Morgan fingerprint density at radius 3 is 1.02 bits per heavy atom. The lowest BCUT2D eigenvalue weighted by Gasteiger charge is -2.11. The highest BCUT2D eigenvalue weighted by Crippen LogP contribution is 2.15. The van der Waals surface area contributed by atoms with E-state index in [0.717, 1.165) is 25.7 Å². The molecule has 0 spiro atoms. The van der Waals surface area contributed by atoms with Crippen molar-refractivity contribution < 1.29 is 19.1 Å². The first-order valence-corrected chi connectivity index (χ1v) is 18.6. The summed E-state index contributed by atoms with van der Waals surface area (Å²) in [6.07, 6.45) is 36.4. The first-order valence-electron chi connectivity index (χ1n) is 18.1. The molecule has 5 heteroatoms. The van der Waals surface area contributed by atoms with Crippen LogP contribution in [0.5, 0.6) is 0 Å². The molecular weight excluding hydrogens is 528 g/mol. The third kappa shape index (κ3) is 32.0. The maximum atomic E-state index is 12.1. The zero-order valence-electron chi connectivity index (χ0n) is 27.6. The molecule has 0 rings (SSSR count). The number of hydrogen-bond donors (Lipinski definition) is 1. The molecule has 0 aromatic carbocycles. The molecule has 0 aliphatic heterocycles. The van der Waals surface area contributed by atoms with Gasteiger partial charge in [0.1, 0.15) is 5.25 Å². The van der Waals surface area contributed by atoms with Crippen LogP contribution < -0.4 is 0 Å². The van der Waals surface area contributed by atoms with Gasteiger partial charge in [-0.25, -0.2) is 0 Å². The van der Waals surface area contributed by atoms with E-state index in [2.05, 4.69) is 26.5 Å². The van der Waals surface area contributed by atoms with Crippen LogP contribution in [-0.2, 0) is 19.1 Å². The minimum absolute atomic E-state index is 0.0146. The molecule has 41 heavy (non-hydrogen) atoms. The second kappa shape index (κ2) is 33.8. The zero-order valence-corrected chi connectivity index (χ0v) is 28.5. The van der Waals surface area contributed by atoms with Crippen LogP contribution in [0.2, 0.25) is 0 Å². The summed E-state index contributed by atoms with van der Waals surface area (Å²) in [5, 5.41) is -0.731. The predicted molar refractivity (Wildman–Crippen MR) is 180 cm³/mol. The molecule has 0 heterocycles. The molecule has 0 aliphatic rings. The highest BCUT2D eigenvalue weighted by molar-refractivity contribution is 7.81. The van der Waals surface area contributed by atoms with Crippen molar-refractivity contribution in [2.24, 2.45) is 0 Å². The summed E-state index contributed by atoms with van der Waals surface area (Å²) in [6, 6.07) is 0. The Balaban J connectivity index is 3.40. The number of ether oxygens (including phenoxy) is 2.